The van der Waals surface area contributed by atoms with E-state index in [4.69, 9.17) is 17.0 Å². The minimum absolute atomic E-state index is 0.135. The number of hydrogen-bond donors (Lipinski definition) is 3. The number of hydrogen-bond acceptors (Lipinski definition) is 4. The van der Waals surface area contributed by atoms with Gasteiger partial charge in [0.25, 0.3) is 5.91 Å². The van der Waals surface area contributed by atoms with E-state index in [2.05, 4.69) is 26.6 Å². The first-order valence-corrected chi connectivity index (χ1v) is 7.93. The molecule has 3 N–H and O–H groups in total. The van der Waals surface area contributed by atoms with Crippen LogP contribution in [0.1, 0.15) is 5.56 Å². The van der Waals surface area contributed by atoms with Crippen molar-refractivity contribution in [2.24, 2.45) is 0 Å². The number of ether oxygens (including phenoxy) is 1. The Morgan fingerprint density at radius 3 is 2.65 bits per heavy atom. The molecule has 7 heteroatoms. The third-order valence-corrected chi connectivity index (χ3v) is 3.69. The number of aryl methyl sites for hydroxylation is 1. The molecule has 0 heterocycles. The number of aromatic hydroxyl groups is 1. The topological polar surface area (TPSA) is 70.6 Å². The zero-order chi connectivity index (χ0) is 16.8. The van der Waals surface area contributed by atoms with E-state index in [1.807, 2.05) is 18.2 Å². The van der Waals surface area contributed by atoms with Gasteiger partial charge in [-0.15, -0.1) is 0 Å². The van der Waals surface area contributed by atoms with E-state index in [0.717, 1.165) is 0 Å². The fourth-order valence-corrected chi connectivity index (χ4v) is 2.59. The highest BCUT2D eigenvalue weighted by atomic mass is 79.9. The smallest absolute Gasteiger partial charge is 0.264 e. The lowest BCUT2D eigenvalue weighted by Crippen LogP contribution is -2.37. The summed E-state index contributed by atoms with van der Waals surface area (Å²) in [4.78, 5) is 11.8. The number of nitrogens with one attached hydrogen (secondary N) is 2. The molecule has 0 atom stereocenters. The van der Waals surface area contributed by atoms with E-state index in [0.29, 0.717) is 21.5 Å². The van der Waals surface area contributed by atoms with Crippen LogP contribution in [-0.4, -0.2) is 22.7 Å². The molecular weight excluding hydrogens is 380 g/mol. The summed E-state index contributed by atoms with van der Waals surface area (Å²) in [5.41, 5.74) is 1.34. The van der Waals surface area contributed by atoms with Crippen LogP contribution in [0, 0.1) is 6.92 Å². The largest absolute Gasteiger partial charge is 0.506 e. The summed E-state index contributed by atoms with van der Waals surface area (Å²) in [7, 11) is 0. The fourth-order valence-electron chi connectivity index (χ4n) is 1.80. The molecule has 0 aromatic heterocycles. The summed E-state index contributed by atoms with van der Waals surface area (Å²) in [5.74, 6) is 0.419. The summed E-state index contributed by atoms with van der Waals surface area (Å²) in [6, 6.07) is 12.4. The Kier molecular flexibility index (Phi) is 5.95. The van der Waals surface area contributed by atoms with Crippen LogP contribution < -0.4 is 15.4 Å². The number of anilines is 1. The Balaban J connectivity index is 1.86. The predicted octanol–water partition coefficient (Wildman–Crippen LogP) is 3.36. The number of benzene rings is 2. The van der Waals surface area contributed by atoms with Gasteiger partial charge in [0, 0.05) is 5.69 Å². The molecule has 2 aromatic carbocycles. The molecule has 0 fully saturated rings. The first-order valence-electron chi connectivity index (χ1n) is 6.73. The van der Waals surface area contributed by atoms with E-state index in [-0.39, 0.29) is 23.4 Å². The van der Waals surface area contributed by atoms with Crippen LogP contribution in [0.3, 0.4) is 0 Å². The molecule has 0 saturated heterocycles. The van der Waals surface area contributed by atoms with Crippen molar-refractivity contribution >= 4 is 44.9 Å². The molecule has 23 heavy (non-hydrogen) atoms. The van der Waals surface area contributed by atoms with Gasteiger partial charge in [-0.2, -0.15) is 0 Å². The second-order valence-electron chi connectivity index (χ2n) is 4.73. The fraction of sp³-hybridized carbons (Fsp3) is 0.125. The highest BCUT2D eigenvalue weighted by Crippen LogP contribution is 2.30. The highest BCUT2D eigenvalue weighted by Gasteiger charge is 2.08. The maximum atomic E-state index is 11.8. The first-order chi connectivity index (χ1) is 11.0. The zero-order valence-corrected chi connectivity index (χ0v) is 14.7. The van der Waals surface area contributed by atoms with Crippen LogP contribution in [0.4, 0.5) is 5.69 Å². The van der Waals surface area contributed by atoms with Crippen molar-refractivity contribution in [3.63, 3.8) is 0 Å². The minimum Gasteiger partial charge on any atom is -0.506 e. The van der Waals surface area contributed by atoms with Crippen molar-refractivity contribution in [1.82, 2.24) is 5.32 Å². The van der Waals surface area contributed by atoms with Crippen molar-refractivity contribution in [2.75, 3.05) is 11.9 Å². The van der Waals surface area contributed by atoms with Gasteiger partial charge in [0.1, 0.15) is 11.5 Å². The monoisotopic (exact) mass is 394 g/mol. The Morgan fingerprint density at radius 1 is 1.30 bits per heavy atom. The van der Waals surface area contributed by atoms with Crippen molar-refractivity contribution in [1.29, 1.82) is 0 Å². The average molecular weight is 395 g/mol. The quantitative estimate of drug-likeness (QED) is 0.547. The van der Waals surface area contributed by atoms with Gasteiger partial charge in [-0.3, -0.25) is 10.1 Å². The van der Waals surface area contributed by atoms with E-state index < -0.39 is 0 Å². The summed E-state index contributed by atoms with van der Waals surface area (Å²) in [6.45, 7) is 1.63. The normalized spacial score (nSPS) is 10.0. The van der Waals surface area contributed by atoms with Crippen LogP contribution in [0.5, 0.6) is 11.5 Å². The average Bonchev–Trinajstić information content (AvgIpc) is 2.51. The molecule has 0 radical (unpaired) electrons. The van der Waals surface area contributed by atoms with E-state index >= 15 is 0 Å². The molecule has 1 amide bonds. The maximum Gasteiger partial charge on any atom is 0.264 e. The second-order valence-corrected chi connectivity index (χ2v) is 5.99. The molecule has 0 spiro atoms. The number of carbonyl (C=O) groups is 1. The SMILES string of the molecule is Cc1cc(NC(=S)NC(=O)COc2ccccc2)cc(Br)c1O. The Bertz CT molecular complexity index is 700. The molecule has 0 aliphatic rings. The third-order valence-electron chi connectivity index (χ3n) is 2.88. The van der Waals surface area contributed by atoms with Crippen molar-refractivity contribution in [2.45, 2.75) is 6.92 Å². The van der Waals surface area contributed by atoms with Crippen molar-refractivity contribution < 1.29 is 14.6 Å². The second kappa shape index (κ2) is 7.94. The molecule has 5 nitrogen and oxygen atoms in total. The maximum absolute atomic E-state index is 11.8. The van der Waals surface area contributed by atoms with Crippen molar-refractivity contribution in [3.8, 4) is 11.5 Å². The summed E-state index contributed by atoms with van der Waals surface area (Å²) >= 11 is 8.33. The standard InChI is InChI=1S/C16H15BrN2O3S/c1-10-7-11(8-13(17)15(10)21)18-16(23)19-14(20)9-22-12-5-3-2-4-6-12/h2-8,21H,9H2,1H3,(H2,18,19,20,23). The van der Waals surface area contributed by atoms with Crippen LogP contribution in [0.15, 0.2) is 46.9 Å². The number of phenols is 1. The summed E-state index contributed by atoms with van der Waals surface area (Å²) < 4.78 is 5.88. The number of para-hydroxylation sites is 1. The molecule has 0 unspecified atom stereocenters. The Hall–Kier alpha value is -2.12. The van der Waals surface area contributed by atoms with Gasteiger partial charge >= 0.3 is 0 Å². The molecule has 0 aliphatic carbocycles. The molecule has 0 aliphatic heterocycles. The van der Waals surface area contributed by atoms with Crippen LogP contribution in [0.25, 0.3) is 0 Å². The molecular formula is C16H15BrN2O3S. The lowest BCUT2D eigenvalue weighted by atomic mass is 10.2. The molecule has 2 aromatic rings. The van der Waals surface area contributed by atoms with Gasteiger partial charge in [-0.25, -0.2) is 0 Å². The Morgan fingerprint density at radius 2 is 2.00 bits per heavy atom. The van der Waals surface area contributed by atoms with Gasteiger partial charge in [0.15, 0.2) is 11.7 Å². The number of halogens is 1. The Labute approximate surface area is 147 Å². The number of phenolic OH excluding ortho intramolecular Hbond substituents is 1. The van der Waals surface area contributed by atoms with Gasteiger partial charge in [0.05, 0.1) is 4.47 Å². The zero-order valence-electron chi connectivity index (χ0n) is 12.3. The van der Waals surface area contributed by atoms with E-state index in [9.17, 15) is 9.90 Å². The van der Waals surface area contributed by atoms with Gasteiger partial charge in [-0.05, 0) is 64.9 Å². The number of amides is 1. The van der Waals surface area contributed by atoms with Crippen molar-refractivity contribution in [3.05, 3.63) is 52.5 Å². The molecule has 0 bridgehead atoms. The van der Waals surface area contributed by atoms with Gasteiger partial charge in [-0.1, -0.05) is 18.2 Å². The summed E-state index contributed by atoms with van der Waals surface area (Å²) in [5, 5.41) is 15.3. The number of carbonyl (C=O) groups excluding carboxylic acids is 1. The van der Waals surface area contributed by atoms with Crippen LogP contribution in [-0.2, 0) is 4.79 Å². The lowest BCUT2D eigenvalue weighted by molar-refractivity contribution is -0.121. The first kappa shape index (κ1) is 17.2. The molecule has 120 valence electrons. The predicted molar refractivity (Wildman–Crippen MR) is 96.8 cm³/mol. The van der Waals surface area contributed by atoms with E-state index in [1.54, 1.807) is 31.2 Å². The molecule has 2 rings (SSSR count). The third kappa shape index (κ3) is 5.22. The summed E-state index contributed by atoms with van der Waals surface area (Å²) in [6.07, 6.45) is 0. The van der Waals surface area contributed by atoms with Crippen LogP contribution >= 0.6 is 28.1 Å². The number of thiocarbonyl (C=S) groups is 1. The highest BCUT2D eigenvalue weighted by molar-refractivity contribution is 9.10. The minimum atomic E-state index is -0.360. The molecule has 0 saturated carbocycles. The van der Waals surface area contributed by atoms with E-state index in [1.165, 1.54) is 0 Å². The van der Waals surface area contributed by atoms with Gasteiger partial charge < -0.3 is 15.2 Å². The van der Waals surface area contributed by atoms with Crippen LogP contribution in [0.2, 0.25) is 0 Å². The number of rotatable bonds is 4. The van der Waals surface area contributed by atoms with Gasteiger partial charge in [0.2, 0.25) is 0 Å². The lowest BCUT2D eigenvalue weighted by Gasteiger charge is -2.12.